The average Bonchev–Trinajstić information content (AvgIpc) is 2.74. The Morgan fingerprint density at radius 2 is 1.67 bits per heavy atom. The number of halogens is 2. The number of hydrogen-bond acceptors (Lipinski definition) is 5. The summed E-state index contributed by atoms with van der Waals surface area (Å²) in [4.78, 5) is 13.9. The number of piperazine rings is 1. The summed E-state index contributed by atoms with van der Waals surface area (Å²) in [7, 11) is -3.65. The lowest BCUT2D eigenvalue weighted by Gasteiger charge is -2.33. The summed E-state index contributed by atoms with van der Waals surface area (Å²) in [5, 5.41) is 2.70. The lowest BCUT2D eigenvalue weighted by atomic mass is 10.3. The molecule has 1 amide bonds. The van der Waals surface area contributed by atoms with Crippen molar-refractivity contribution >= 4 is 15.9 Å². The smallest absolute Gasteiger partial charge is 0.257 e. The normalized spacial score (nSPS) is 15.7. The van der Waals surface area contributed by atoms with Gasteiger partial charge in [0.15, 0.2) is 18.2 Å². The second-order valence-electron chi connectivity index (χ2n) is 6.77. The number of carbonyl (C=O) groups excluding carboxylic acids is 1. The Labute approximate surface area is 174 Å². The van der Waals surface area contributed by atoms with Crippen molar-refractivity contribution in [2.75, 3.05) is 45.9 Å². The van der Waals surface area contributed by atoms with E-state index in [1.807, 2.05) is 4.90 Å². The van der Waals surface area contributed by atoms with Gasteiger partial charge in [-0.05, 0) is 36.4 Å². The van der Waals surface area contributed by atoms with Crippen LogP contribution in [0.3, 0.4) is 0 Å². The summed E-state index contributed by atoms with van der Waals surface area (Å²) in [5.74, 6) is -1.36. The second-order valence-corrected chi connectivity index (χ2v) is 8.71. The number of para-hydroxylation sites is 1. The number of nitrogens with zero attached hydrogens (tertiary/aromatic N) is 2. The molecule has 0 spiro atoms. The lowest BCUT2D eigenvalue weighted by Crippen LogP contribution is -2.50. The molecule has 7 nitrogen and oxygen atoms in total. The fraction of sp³-hybridized carbons (Fsp3) is 0.350. The van der Waals surface area contributed by atoms with Gasteiger partial charge in [0.1, 0.15) is 5.82 Å². The van der Waals surface area contributed by atoms with E-state index in [-0.39, 0.29) is 23.2 Å². The van der Waals surface area contributed by atoms with Crippen LogP contribution in [0.1, 0.15) is 0 Å². The predicted octanol–water partition coefficient (Wildman–Crippen LogP) is 1.47. The van der Waals surface area contributed by atoms with Crippen molar-refractivity contribution in [2.45, 2.75) is 4.90 Å². The van der Waals surface area contributed by atoms with E-state index in [4.69, 9.17) is 4.74 Å². The van der Waals surface area contributed by atoms with Gasteiger partial charge in [-0.15, -0.1) is 0 Å². The average molecular weight is 439 g/mol. The molecule has 30 heavy (non-hydrogen) atoms. The zero-order valence-electron chi connectivity index (χ0n) is 16.3. The fourth-order valence-corrected chi connectivity index (χ4v) is 4.48. The molecular formula is C20H23F2N3O4S. The molecule has 0 unspecified atom stereocenters. The molecule has 0 bridgehead atoms. The first-order valence-electron chi connectivity index (χ1n) is 9.48. The largest absolute Gasteiger partial charge is 0.481 e. The van der Waals surface area contributed by atoms with E-state index < -0.39 is 21.7 Å². The lowest BCUT2D eigenvalue weighted by molar-refractivity contribution is -0.123. The quantitative estimate of drug-likeness (QED) is 0.674. The molecule has 1 N–H and O–H groups in total. The maximum absolute atomic E-state index is 13.4. The van der Waals surface area contributed by atoms with Crippen LogP contribution >= 0.6 is 0 Å². The number of hydrogen-bond donors (Lipinski definition) is 1. The minimum absolute atomic E-state index is 0.0196. The van der Waals surface area contributed by atoms with Crippen LogP contribution in [0.2, 0.25) is 0 Å². The first-order chi connectivity index (χ1) is 14.4. The van der Waals surface area contributed by atoms with Crippen LogP contribution in [-0.2, 0) is 14.8 Å². The third-order valence-corrected chi connectivity index (χ3v) is 6.64. The number of sulfonamides is 1. The number of carbonyl (C=O) groups is 1. The van der Waals surface area contributed by atoms with Crippen LogP contribution in [0.15, 0.2) is 53.4 Å². The Kier molecular flexibility index (Phi) is 7.35. The van der Waals surface area contributed by atoms with Gasteiger partial charge in [-0.1, -0.05) is 12.1 Å². The second kappa shape index (κ2) is 9.96. The van der Waals surface area contributed by atoms with Crippen LogP contribution < -0.4 is 10.1 Å². The van der Waals surface area contributed by atoms with E-state index in [0.717, 1.165) is 12.1 Å². The number of ether oxygens (including phenoxy) is 1. The molecule has 1 aliphatic rings. The molecular weight excluding hydrogens is 416 g/mol. The molecule has 2 aromatic rings. The monoisotopic (exact) mass is 439 g/mol. The Balaban J connectivity index is 1.38. The van der Waals surface area contributed by atoms with Crippen LogP contribution in [0.25, 0.3) is 0 Å². The summed E-state index contributed by atoms with van der Waals surface area (Å²) < 4.78 is 58.2. The molecule has 1 fully saturated rings. The highest BCUT2D eigenvalue weighted by molar-refractivity contribution is 7.89. The van der Waals surface area contributed by atoms with E-state index in [1.54, 1.807) is 6.07 Å². The Morgan fingerprint density at radius 1 is 1.00 bits per heavy atom. The van der Waals surface area contributed by atoms with Crippen LogP contribution in [0.5, 0.6) is 5.75 Å². The summed E-state index contributed by atoms with van der Waals surface area (Å²) >= 11 is 0. The van der Waals surface area contributed by atoms with E-state index >= 15 is 0 Å². The van der Waals surface area contributed by atoms with Gasteiger partial charge in [0.05, 0.1) is 4.90 Å². The van der Waals surface area contributed by atoms with E-state index in [9.17, 15) is 22.0 Å². The highest BCUT2D eigenvalue weighted by Crippen LogP contribution is 2.18. The molecule has 1 saturated heterocycles. The zero-order chi connectivity index (χ0) is 21.6. The van der Waals surface area contributed by atoms with Gasteiger partial charge in [0.25, 0.3) is 5.91 Å². The topological polar surface area (TPSA) is 79.0 Å². The number of nitrogens with one attached hydrogen (secondary N) is 1. The first-order valence-corrected chi connectivity index (χ1v) is 10.9. The standard InChI is InChI=1S/C20H23F2N3O4S/c21-16-5-7-17(8-6-16)30(27,28)25-13-11-24(12-14-25)10-9-23-20(26)15-29-19-4-2-1-3-18(19)22/h1-8H,9-15H2,(H,23,26). The minimum atomic E-state index is -3.65. The van der Waals surface area contributed by atoms with Crippen molar-refractivity contribution in [1.82, 2.24) is 14.5 Å². The number of benzene rings is 2. The van der Waals surface area contributed by atoms with Gasteiger partial charge < -0.3 is 10.1 Å². The summed E-state index contributed by atoms with van der Waals surface area (Å²) in [6.45, 7) is 2.28. The molecule has 0 atom stereocenters. The molecule has 3 rings (SSSR count). The maximum atomic E-state index is 13.4. The van der Waals surface area contributed by atoms with Crippen LogP contribution in [0, 0.1) is 11.6 Å². The van der Waals surface area contributed by atoms with E-state index in [0.29, 0.717) is 39.3 Å². The third kappa shape index (κ3) is 5.74. The molecule has 2 aromatic carbocycles. The Bertz CT molecular complexity index is 962. The molecule has 0 saturated carbocycles. The molecule has 0 radical (unpaired) electrons. The molecule has 0 aromatic heterocycles. The Morgan fingerprint density at radius 3 is 2.33 bits per heavy atom. The van der Waals surface area contributed by atoms with Gasteiger partial charge in [-0.25, -0.2) is 17.2 Å². The molecule has 162 valence electrons. The van der Waals surface area contributed by atoms with Crippen molar-refractivity contribution in [3.8, 4) is 5.75 Å². The minimum Gasteiger partial charge on any atom is -0.481 e. The maximum Gasteiger partial charge on any atom is 0.257 e. The fourth-order valence-electron chi connectivity index (χ4n) is 3.06. The number of amides is 1. The van der Waals surface area contributed by atoms with Crippen molar-refractivity contribution in [3.63, 3.8) is 0 Å². The molecule has 1 heterocycles. The van der Waals surface area contributed by atoms with E-state index in [1.165, 1.54) is 34.6 Å². The third-order valence-electron chi connectivity index (χ3n) is 4.73. The Hall–Kier alpha value is -2.56. The zero-order valence-corrected chi connectivity index (χ0v) is 17.1. The van der Waals surface area contributed by atoms with Gasteiger partial charge in [-0.2, -0.15) is 4.31 Å². The van der Waals surface area contributed by atoms with E-state index in [2.05, 4.69) is 5.32 Å². The van der Waals surface area contributed by atoms with Gasteiger partial charge >= 0.3 is 0 Å². The summed E-state index contributed by atoms with van der Waals surface area (Å²) in [5.41, 5.74) is 0. The van der Waals surface area contributed by atoms with Crippen molar-refractivity contribution < 1.29 is 26.7 Å². The van der Waals surface area contributed by atoms with Gasteiger partial charge in [0, 0.05) is 39.3 Å². The first kappa shape index (κ1) is 22.1. The summed E-state index contributed by atoms with van der Waals surface area (Å²) in [6.07, 6.45) is 0. The van der Waals surface area contributed by atoms with Crippen LogP contribution in [-0.4, -0.2) is 69.4 Å². The van der Waals surface area contributed by atoms with Crippen molar-refractivity contribution in [1.29, 1.82) is 0 Å². The molecule has 0 aliphatic carbocycles. The van der Waals surface area contributed by atoms with Crippen molar-refractivity contribution in [2.24, 2.45) is 0 Å². The highest BCUT2D eigenvalue weighted by Gasteiger charge is 2.28. The van der Waals surface area contributed by atoms with Crippen molar-refractivity contribution in [3.05, 3.63) is 60.2 Å². The SMILES string of the molecule is O=C(COc1ccccc1F)NCCN1CCN(S(=O)(=O)c2ccc(F)cc2)CC1. The molecule has 10 heteroatoms. The van der Waals surface area contributed by atoms with Crippen LogP contribution in [0.4, 0.5) is 8.78 Å². The molecule has 1 aliphatic heterocycles. The van der Waals surface area contributed by atoms with Gasteiger partial charge in [0.2, 0.25) is 10.0 Å². The highest BCUT2D eigenvalue weighted by atomic mass is 32.2. The van der Waals surface area contributed by atoms with Gasteiger partial charge in [-0.3, -0.25) is 9.69 Å². The number of rotatable bonds is 8. The predicted molar refractivity (Wildman–Crippen MR) is 107 cm³/mol. The summed E-state index contributed by atoms with van der Waals surface area (Å²) in [6, 6.07) is 10.6.